The Morgan fingerprint density at radius 2 is 2.07 bits per heavy atom. The van der Waals surface area contributed by atoms with E-state index in [0.717, 1.165) is 35.6 Å². The molecule has 0 bridgehead atoms. The number of aryl methyl sites for hydroxylation is 1. The van der Waals surface area contributed by atoms with Crippen molar-refractivity contribution in [2.45, 2.75) is 25.4 Å². The average Bonchev–Trinajstić information content (AvgIpc) is 3.09. The molecule has 1 aliphatic heterocycles. The molecule has 2 aromatic rings. The van der Waals surface area contributed by atoms with Gasteiger partial charge in [-0.3, -0.25) is 9.67 Å². The maximum absolute atomic E-state index is 5.95. The van der Waals surface area contributed by atoms with Crippen LogP contribution in [0.15, 0.2) is 46.1 Å². The molecule has 0 aliphatic carbocycles. The van der Waals surface area contributed by atoms with E-state index in [1.807, 2.05) is 31.2 Å². The number of guanidine groups is 1. The summed E-state index contributed by atoms with van der Waals surface area (Å²) in [5, 5.41) is 7.82. The topological polar surface area (TPSA) is 54.7 Å². The van der Waals surface area contributed by atoms with Gasteiger partial charge in [-0.25, -0.2) is 0 Å². The zero-order valence-electron chi connectivity index (χ0n) is 16.9. The van der Waals surface area contributed by atoms with E-state index in [1.54, 1.807) is 0 Å². The zero-order valence-corrected chi connectivity index (χ0v) is 20.8. The Labute approximate surface area is 192 Å². The predicted octanol–water partition coefficient (Wildman–Crippen LogP) is 3.73. The molecule has 1 aromatic heterocycles. The van der Waals surface area contributed by atoms with Crippen molar-refractivity contribution in [3.8, 4) is 0 Å². The van der Waals surface area contributed by atoms with Crippen molar-refractivity contribution in [3.63, 3.8) is 0 Å². The Hall–Kier alpha value is -1.13. The van der Waals surface area contributed by atoms with Gasteiger partial charge >= 0.3 is 0 Å². The number of hydrogen-bond acceptors (Lipinski definition) is 3. The molecule has 1 aliphatic rings. The Morgan fingerprint density at radius 3 is 2.68 bits per heavy atom. The van der Waals surface area contributed by atoms with Crippen LogP contribution in [0, 0.1) is 0 Å². The highest BCUT2D eigenvalue weighted by Crippen LogP contribution is 2.25. The Kier molecular flexibility index (Phi) is 8.32. The van der Waals surface area contributed by atoms with Crippen molar-refractivity contribution in [1.29, 1.82) is 0 Å². The number of nitrogens with zero attached hydrogens (tertiary/aromatic N) is 4. The summed E-state index contributed by atoms with van der Waals surface area (Å²) in [5.74, 6) is 0.914. The van der Waals surface area contributed by atoms with Crippen LogP contribution in [0.3, 0.4) is 0 Å². The van der Waals surface area contributed by atoms with E-state index in [1.165, 1.54) is 5.56 Å². The van der Waals surface area contributed by atoms with Crippen LogP contribution in [0.2, 0.25) is 0 Å². The molecule has 1 N–H and O–H groups in total. The molecule has 154 valence electrons. The Morgan fingerprint density at radius 1 is 1.36 bits per heavy atom. The van der Waals surface area contributed by atoms with E-state index in [0.29, 0.717) is 6.61 Å². The third-order valence-electron chi connectivity index (χ3n) is 4.99. The Bertz CT molecular complexity index is 790. The van der Waals surface area contributed by atoms with Gasteiger partial charge in [0.25, 0.3) is 0 Å². The summed E-state index contributed by atoms with van der Waals surface area (Å²) < 4.78 is 8.85. The third-order valence-corrected chi connectivity index (χ3v) is 5.52. The van der Waals surface area contributed by atoms with Crippen molar-refractivity contribution >= 4 is 45.9 Å². The first-order valence-electron chi connectivity index (χ1n) is 9.21. The highest BCUT2D eigenvalue weighted by Gasteiger charge is 2.27. The molecule has 28 heavy (non-hydrogen) atoms. The van der Waals surface area contributed by atoms with Gasteiger partial charge in [0.15, 0.2) is 5.96 Å². The van der Waals surface area contributed by atoms with Crippen LogP contribution in [0.25, 0.3) is 0 Å². The number of nitrogens with one attached hydrogen (secondary N) is 1. The van der Waals surface area contributed by atoms with E-state index < -0.39 is 0 Å². The van der Waals surface area contributed by atoms with Gasteiger partial charge in [-0.05, 0) is 17.7 Å². The monoisotopic (exact) mass is 561 g/mol. The largest absolute Gasteiger partial charge is 0.370 e. The second-order valence-corrected chi connectivity index (χ2v) is 8.46. The van der Waals surface area contributed by atoms with E-state index in [2.05, 4.69) is 74.4 Å². The molecule has 2 heterocycles. The van der Waals surface area contributed by atoms with E-state index >= 15 is 0 Å². The highest BCUT2D eigenvalue weighted by atomic mass is 127. The van der Waals surface area contributed by atoms with Gasteiger partial charge in [-0.2, -0.15) is 5.10 Å². The minimum atomic E-state index is -0.00826. The maximum atomic E-state index is 5.95. The van der Waals surface area contributed by atoms with Gasteiger partial charge in [0.2, 0.25) is 0 Å². The molecular formula is C20H29BrIN5O. The van der Waals surface area contributed by atoms with Crippen LogP contribution < -0.4 is 5.32 Å². The summed E-state index contributed by atoms with van der Waals surface area (Å²) in [4.78, 5) is 6.77. The number of morpholine rings is 1. The summed E-state index contributed by atoms with van der Waals surface area (Å²) in [5.41, 5.74) is 2.39. The first kappa shape index (κ1) is 23.2. The first-order valence-corrected chi connectivity index (χ1v) is 10.00. The fourth-order valence-corrected chi connectivity index (χ4v) is 3.55. The summed E-state index contributed by atoms with van der Waals surface area (Å²) in [6.07, 6.45) is 3.91. The lowest BCUT2D eigenvalue weighted by Gasteiger charge is -2.36. The molecule has 1 atom stereocenters. The van der Waals surface area contributed by atoms with Crippen molar-refractivity contribution in [1.82, 2.24) is 20.0 Å². The molecule has 8 heteroatoms. The number of hydrogen-bond donors (Lipinski definition) is 1. The lowest BCUT2D eigenvalue weighted by Crippen LogP contribution is -2.50. The Balaban J connectivity index is 0.00000280. The molecule has 1 fully saturated rings. The maximum Gasteiger partial charge on any atom is 0.193 e. The SMILES string of the molecule is CN=C(NCC(C)(C)c1ccc(Br)cc1)N1CCOC(c2cnn(C)c2)C1.I. The lowest BCUT2D eigenvalue weighted by atomic mass is 9.85. The van der Waals surface area contributed by atoms with Gasteiger partial charge in [-0.15, -0.1) is 24.0 Å². The van der Waals surface area contributed by atoms with Gasteiger partial charge < -0.3 is 15.0 Å². The van der Waals surface area contributed by atoms with Crippen LogP contribution in [0.5, 0.6) is 0 Å². The molecule has 0 amide bonds. The molecule has 1 unspecified atom stereocenters. The fourth-order valence-electron chi connectivity index (χ4n) is 3.29. The summed E-state index contributed by atoms with van der Waals surface area (Å²) in [7, 11) is 3.76. The van der Waals surface area contributed by atoms with E-state index in [9.17, 15) is 0 Å². The number of benzene rings is 1. The number of aliphatic imine (C=N–C) groups is 1. The highest BCUT2D eigenvalue weighted by molar-refractivity contribution is 14.0. The minimum absolute atomic E-state index is 0. The first-order chi connectivity index (χ1) is 12.9. The number of halogens is 2. The molecule has 6 nitrogen and oxygen atoms in total. The standard InChI is InChI=1S/C20H28BrN5O.HI/c1-20(2,16-5-7-17(21)8-6-16)14-23-19(22-3)26-9-10-27-18(13-26)15-11-24-25(4)12-15;/h5-8,11-12,18H,9-10,13-14H2,1-4H3,(H,22,23);1H. The smallest absolute Gasteiger partial charge is 0.193 e. The van der Waals surface area contributed by atoms with Gasteiger partial charge in [-0.1, -0.05) is 41.9 Å². The van der Waals surface area contributed by atoms with Gasteiger partial charge in [0.1, 0.15) is 6.10 Å². The number of ether oxygens (including phenoxy) is 1. The second-order valence-electron chi connectivity index (χ2n) is 7.54. The van der Waals surface area contributed by atoms with E-state index in [4.69, 9.17) is 4.74 Å². The van der Waals surface area contributed by atoms with Crippen molar-refractivity contribution in [3.05, 3.63) is 52.3 Å². The quantitative estimate of drug-likeness (QED) is 0.351. The van der Waals surface area contributed by atoms with Crippen LogP contribution >= 0.6 is 39.9 Å². The van der Waals surface area contributed by atoms with Crippen molar-refractivity contribution in [2.24, 2.45) is 12.0 Å². The van der Waals surface area contributed by atoms with Gasteiger partial charge in [0.05, 0.1) is 19.3 Å². The molecular weight excluding hydrogens is 533 g/mol. The van der Waals surface area contributed by atoms with Crippen LogP contribution in [0.1, 0.15) is 31.1 Å². The predicted molar refractivity (Wildman–Crippen MR) is 127 cm³/mol. The molecule has 1 saturated heterocycles. The third kappa shape index (κ3) is 5.70. The molecule has 0 radical (unpaired) electrons. The minimum Gasteiger partial charge on any atom is -0.370 e. The summed E-state index contributed by atoms with van der Waals surface area (Å²) in [6.45, 7) is 7.56. The molecule has 0 saturated carbocycles. The van der Waals surface area contributed by atoms with Crippen LogP contribution in [-0.4, -0.2) is 53.9 Å². The second kappa shape index (κ2) is 10.1. The van der Waals surface area contributed by atoms with Gasteiger partial charge in [0, 0.05) is 48.8 Å². The van der Waals surface area contributed by atoms with E-state index in [-0.39, 0.29) is 35.5 Å². The summed E-state index contributed by atoms with van der Waals surface area (Å²) >= 11 is 3.50. The molecule has 1 aromatic carbocycles. The molecule has 0 spiro atoms. The lowest BCUT2D eigenvalue weighted by molar-refractivity contribution is -0.00808. The number of rotatable bonds is 4. The fraction of sp³-hybridized carbons (Fsp3) is 0.500. The molecule has 3 rings (SSSR count). The average molecular weight is 562 g/mol. The van der Waals surface area contributed by atoms with Crippen molar-refractivity contribution in [2.75, 3.05) is 33.3 Å². The zero-order chi connectivity index (χ0) is 19.4. The number of aromatic nitrogens is 2. The van der Waals surface area contributed by atoms with Crippen LogP contribution in [-0.2, 0) is 17.2 Å². The summed E-state index contributed by atoms with van der Waals surface area (Å²) in [6, 6.07) is 8.52. The van der Waals surface area contributed by atoms with Crippen LogP contribution in [0.4, 0.5) is 0 Å². The normalized spacial score (nSPS) is 18.0. The van der Waals surface area contributed by atoms with Crippen molar-refractivity contribution < 1.29 is 4.74 Å².